The van der Waals surface area contributed by atoms with Crippen molar-refractivity contribution in [3.63, 3.8) is 0 Å². The van der Waals surface area contributed by atoms with E-state index in [1.54, 1.807) is 18.2 Å². The van der Waals surface area contributed by atoms with E-state index in [1.165, 1.54) is 18.2 Å². The van der Waals surface area contributed by atoms with Crippen molar-refractivity contribution in [2.45, 2.75) is 6.92 Å². The van der Waals surface area contributed by atoms with E-state index in [0.717, 1.165) is 10.5 Å². The molecule has 6 nitrogen and oxygen atoms in total. The number of carbonyl (C=O) groups is 3. The molecule has 0 spiro atoms. The predicted octanol–water partition coefficient (Wildman–Crippen LogP) is 4.68. The SMILES string of the molecule is Cc1cccc(NC(=O)CN2C(=O)S/C(=C\c3cc(Cl)c(O)c(Cl)c3)C2=O)c1. The van der Waals surface area contributed by atoms with Crippen LogP contribution in [0.3, 0.4) is 0 Å². The zero-order valence-corrected chi connectivity index (χ0v) is 16.9. The summed E-state index contributed by atoms with van der Waals surface area (Å²) in [6.45, 7) is 1.49. The van der Waals surface area contributed by atoms with Crippen molar-refractivity contribution in [2.24, 2.45) is 0 Å². The molecule has 1 heterocycles. The second-order valence-corrected chi connectivity index (χ2v) is 7.83. The number of amides is 3. The molecule has 1 fully saturated rings. The maximum atomic E-state index is 12.5. The standard InChI is InChI=1S/C19H14Cl2N2O4S/c1-10-3-2-4-12(5-10)22-16(24)9-23-18(26)15(28-19(23)27)8-11-6-13(20)17(25)14(21)7-11/h2-8,25H,9H2,1H3,(H,22,24)/b15-8-. The second kappa shape index (κ2) is 8.26. The maximum Gasteiger partial charge on any atom is 0.294 e. The number of anilines is 1. The summed E-state index contributed by atoms with van der Waals surface area (Å²) in [5.74, 6) is -1.33. The minimum atomic E-state index is -0.588. The van der Waals surface area contributed by atoms with E-state index in [1.807, 2.05) is 13.0 Å². The summed E-state index contributed by atoms with van der Waals surface area (Å²) in [7, 11) is 0. The largest absolute Gasteiger partial charge is 0.505 e. The van der Waals surface area contributed by atoms with Gasteiger partial charge < -0.3 is 10.4 Å². The van der Waals surface area contributed by atoms with Crippen molar-refractivity contribution in [3.8, 4) is 5.75 Å². The number of imide groups is 1. The normalized spacial score (nSPS) is 15.4. The number of phenols is 1. The zero-order chi connectivity index (χ0) is 20.4. The Labute approximate surface area is 175 Å². The van der Waals surface area contributed by atoms with Gasteiger partial charge in [-0.05, 0) is 60.2 Å². The Morgan fingerprint density at radius 2 is 1.89 bits per heavy atom. The molecule has 2 aromatic carbocycles. The molecular formula is C19H14Cl2N2O4S. The zero-order valence-electron chi connectivity index (χ0n) is 14.5. The van der Waals surface area contributed by atoms with Gasteiger partial charge in [-0.25, -0.2) is 0 Å². The highest BCUT2D eigenvalue weighted by Gasteiger charge is 2.36. The lowest BCUT2D eigenvalue weighted by molar-refractivity contribution is -0.127. The van der Waals surface area contributed by atoms with Gasteiger partial charge in [-0.1, -0.05) is 35.3 Å². The van der Waals surface area contributed by atoms with Crippen LogP contribution in [0.5, 0.6) is 5.75 Å². The van der Waals surface area contributed by atoms with Crippen molar-refractivity contribution in [2.75, 3.05) is 11.9 Å². The van der Waals surface area contributed by atoms with Gasteiger partial charge in [0.15, 0.2) is 5.75 Å². The number of halogens is 2. The number of hydrogen-bond donors (Lipinski definition) is 2. The monoisotopic (exact) mass is 436 g/mol. The van der Waals surface area contributed by atoms with Gasteiger partial charge in [-0.3, -0.25) is 19.3 Å². The Morgan fingerprint density at radius 1 is 1.21 bits per heavy atom. The van der Waals surface area contributed by atoms with Crippen LogP contribution < -0.4 is 5.32 Å². The summed E-state index contributed by atoms with van der Waals surface area (Å²) in [4.78, 5) is 37.9. The van der Waals surface area contributed by atoms with Crippen molar-refractivity contribution in [1.82, 2.24) is 4.90 Å². The number of thioether (sulfide) groups is 1. The summed E-state index contributed by atoms with van der Waals surface area (Å²) in [6, 6.07) is 10.0. The second-order valence-electron chi connectivity index (χ2n) is 6.02. The van der Waals surface area contributed by atoms with E-state index in [0.29, 0.717) is 23.0 Å². The van der Waals surface area contributed by atoms with Gasteiger partial charge in [0, 0.05) is 5.69 Å². The number of carbonyl (C=O) groups excluding carboxylic acids is 3. The molecule has 1 aliphatic rings. The van der Waals surface area contributed by atoms with E-state index in [9.17, 15) is 19.5 Å². The van der Waals surface area contributed by atoms with E-state index < -0.39 is 23.6 Å². The van der Waals surface area contributed by atoms with Gasteiger partial charge in [-0.15, -0.1) is 0 Å². The van der Waals surface area contributed by atoms with Crippen LogP contribution in [0.1, 0.15) is 11.1 Å². The number of rotatable bonds is 4. The fourth-order valence-corrected chi connectivity index (χ4v) is 3.87. The molecule has 0 aromatic heterocycles. The lowest BCUT2D eigenvalue weighted by Crippen LogP contribution is -2.36. The van der Waals surface area contributed by atoms with Gasteiger partial charge in [0.2, 0.25) is 5.91 Å². The van der Waals surface area contributed by atoms with Crippen molar-refractivity contribution in [3.05, 3.63) is 62.5 Å². The molecule has 0 radical (unpaired) electrons. The molecule has 1 saturated heterocycles. The molecule has 0 bridgehead atoms. The van der Waals surface area contributed by atoms with Gasteiger partial charge in [0.25, 0.3) is 11.1 Å². The van der Waals surface area contributed by atoms with Crippen LogP contribution in [-0.2, 0) is 9.59 Å². The van der Waals surface area contributed by atoms with E-state index >= 15 is 0 Å². The van der Waals surface area contributed by atoms with E-state index in [4.69, 9.17) is 23.2 Å². The Bertz CT molecular complexity index is 1000. The summed E-state index contributed by atoms with van der Waals surface area (Å²) in [5, 5.41) is 11.8. The van der Waals surface area contributed by atoms with Crippen LogP contribution in [-0.4, -0.2) is 33.6 Å². The molecule has 0 atom stereocenters. The fraction of sp³-hybridized carbons (Fsp3) is 0.105. The van der Waals surface area contributed by atoms with Gasteiger partial charge in [-0.2, -0.15) is 0 Å². The molecule has 144 valence electrons. The number of phenolic OH excluding ortho intramolecular Hbond substituents is 1. The molecule has 3 amide bonds. The maximum absolute atomic E-state index is 12.5. The van der Waals surface area contributed by atoms with Crippen molar-refractivity contribution >= 4 is 63.8 Å². The summed E-state index contributed by atoms with van der Waals surface area (Å²) < 4.78 is 0. The first-order valence-corrected chi connectivity index (χ1v) is 9.62. The van der Waals surface area contributed by atoms with Gasteiger partial charge >= 0.3 is 0 Å². The summed E-state index contributed by atoms with van der Waals surface area (Å²) in [6.07, 6.45) is 1.43. The molecule has 1 aliphatic heterocycles. The molecule has 0 unspecified atom stereocenters. The Balaban J connectivity index is 1.73. The molecule has 28 heavy (non-hydrogen) atoms. The highest BCUT2D eigenvalue weighted by Crippen LogP contribution is 2.36. The number of nitrogens with zero attached hydrogens (tertiary/aromatic N) is 1. The Kier molecular flexibility index (Phi) is 5.98. The smallest absolute Gasteiger partial charge is 0.294 e. The highest BCUT2D eigenvalue weighted by atomic mass is 35.5. The summed E-state index contributed by atoms with van der Waals surface area (Å²) >= 11 is 12.5. The summed E-state index contributed by atoms with van der Waals surface area (Å²) in [5.41, 5.74) is 2.00. The van der Waals surface area contributed by atoms with E-state index in [2.05, 4.69) is 5.32 Å². The minimum absolute atomic E-state index is 0.0236. The number of aryl methyl sites for hydroxylation is 1. The quantitative estimate of drug-likeness (QED) is 0.679. The van der Waals surface area contributed by atoms with Crippen LogP contribution in [0.15, 0.2) is 41.3 Å². The fourth-order valence-electron chi connectivity index (χ4n) is 2.52. The lowest BCUT2D eigenvalue weighted by atomic mass is 10.2. The predicted molar refractivity (Wildman–Crippen MR) is 111 cm³/mol. The molecular weight excluding hydrogens is 423 g/mol. The molecule has 2 aromatic rings. The molecule has 0 saturated carbocycles. The highest BCUT2D eigenvalue weighted by molar-refractivity contribution is 8.18. The number of hydrogen-bond acceptors (Lipinski definition) is 5. The minimum Gasteiger partial charge on any atom is -0.505 e. The van der Waals surface area contributed by atoms with Crippen LogP contribution >= 0.6 is 35.0 Å². The third kappa shape index (κ3) is 4.49. The first kappa shape index (κ1) is 20.3. The van der Waals surface area contributed by atoms with Crippen LogP contribution in [0.2, 0.25) is 10.0 Å². The third-order valence-electron chi connectivity index (χ3n) is 3.81. The first-order chi connectivity index (χ1) is 13.2. The Hall–Kier alpha value is -2.48. The van der Waals surface area contributed by atoms with Crippen LogP contribution in [0.4, 0.5) is 10.5 Å². The lowest BCUT2D eigenvalue weighted by Gasteiger charge is -2.12. The third-order valence-corrected chi connectivity index (χ3v) is 5.30. The van der Waals surface area contributed by atoms with Crippen LogP contribution in [0.25, 0.3) is 6.08 Å². The Morgan fingerprint density at radius 3 is 2.54 bits per heavy atom. The topological polar surface area (TPSA) is 86.7 Å². The number of benzene rings is 2. The van der Waals surface area contributed by atoms with Gasteiger partial charge in [0.05, 0.1) is 15.0 Å². The number of aromatic hydroxyl groups is 1. The van der Waals surface area contributed by atoms with Gasteiger partial charge in [0.1, 0.15) is 6.54 Å². The average Bonchev–Trinajstić information content (AvgIpc) is 2.87. The molecule has 0 aliphatic carbocycles. The number of nitrogens with one attached hydrogen (secondary N) is 1. The van der Waals surface area contributed by atoms with Crippen LogP contribution in [0, 0.1) is 6.92 Å². The average molecular weight is 437 g/mol. The van der Waals surface area contributed by atoms with Crippen molar-refractivity contribution in [1.29, 1.82) is 0 Å². The van der Waals surface area contributed by atoms with Crippen molar-refractivity contribution < 1.29 is 19.5 Å². The molecule has 3 rings (SSSR count). The molecule has 2 N–H and O–H groups in total. The van der Waals surface area contributed by atoms with E-state index in [-0.39, 0.29) is 20.7 Å². The molecule has 9 heteroatoms. The first-order valence-electron chi connectivity index (χ1n) is 8.04.